The first-order valence-electron chi connectivity index (χ1n) is 9.23. The molecule has 156 valence electrons. The summed E-state index contributed by atoms with van der Waals surface area (Å²) in [6, 6.07) is 15.6. The molecule has 2 heterocycles. The molecule has 1 amide bonds. The predicted molar refractivity (Wildman–Crippen MR) is 118 cm³/mol. The van der Waals surface area contributed by atoms with E-state index in [1.54, 1.807) is 42.6 Å². The number of amides is 1. The van der Waals surface area contributed by atoms with Gasteiger partial charge in [-0.3, -0.25) is 9.78 Å². The Kier molecular flexibility index (Phi) is 6.16. The van der Waals surface area contributed by atoms with Crippen LogP contribution >= 0.6 is 23.2 Å². The molecule has 0 aliphatic heterocycles. The Labute approximate surface area is 188 Å². The van der Waals surface area contributed by atoms with Gasteiger partial charge in [0.25, 0.3) is 11.8 Å². The van der Waals surface area contributed by atoms with E-state index < -0.39 is 0 Å². The van der Waals surface area contributed by atoms with Crippen molar-refractivity contribution in [2.45, 2.75) is 6.92 Å². The summed E-state index contributed by atoms with van der Waals surface area (Å²) in [5.74, 6) is 0.668. The zero-order chi connectivity index (χ0) is 21.8. The van der Waals surface area contributed by atoms with Gasteiger partial charge < -0.3 is 14.6 Å². The summed E-state index contributed by atoms with van der Waals surface area (Å²) >= 11 is 11.9. The van der Waals surface area contributed by atoms with Gasteiger partial charge in [0.05, 0.1) is 16.3 Å². The lowest BCUT2D eigenvalue weighted by atomic mass is 10.1. The minimum Gasteiger partial charge on any atom is -0.482 e. The standard InChI is InChI=1S/C22H16Cl2N4O3/c1-13-6-7-14(11-25-13)21-27-22(31-28-21)16-4-2-3-5-18(16)26-20(29)12-30-19-9-8-15(23)10-17(19)24/h2-11H,12H2,1H3,(H,26,29). The Hall–Kier alpha value is -3.42. The molecule has 0 atom stereocenters. The van der Waals surface area contributed by atoms with Crippen LogP contribution in [0, 0.1) is 6.92 Å². The molecule has 0 fully saturated rings. The molecule has 0 aliphatic carbocycles. The SMILES string of the molecule is Cc1ccc(-c2noc(-c3ccccc3NC(=O)COc3ccc(Cl)cc3Cl)n2)cn1. The number of para-hydroxylation sites is 1. The average molecular weight is 455 g/mol. The first-order valence-corrected chi connectivity index (χ1v) is 9.99. The van der Waals surface area contributed by atoms with Crippen molar-refractivity contribution in [3.05, 3.63) is 76.5 Å². The van der Waals surface area contributed by atoms with Gasteiger partial charge >= 0.3 is 0 Å². The number of carbonyl (C=O) groups is 1. The summed E-state index contributed by atoms with van der Waals surface area (Å²) in [7, 11) is 0. The van der Waals surface area contributed by atoms with Crippen LogP contribution in [0.1, 0.15) is 5.69 Å². The van der Waals surface area contributed by atoms with Gasteiger partial charge in [-0.15, -0.1) is 0 Å². The predicted octanol–water partition coefficient (Wildman–Crippen LogP) is 5.43. The van der Waals surface area contributed by atoms with E-state index in [4.69, 9.17) is 32.5 Å². The number of nitrogens with one attached hydrogen (secondary N) is 1. The molecule has 4 aromatic rings. The number of anilines is 1. The second-order valence-electron chi connectivity index (χ2n) is 6.57. The summed E-state index contributed by atoms with van der Waals surface area (Å²) in [5, 5.41) is 7.62. The lowest BCUT2D eigenvalue weighted by Crippen LogP contribution is -2.20. The van der Waals surface area contributed by atoms with Gasteiger partial charge in [-0.25, -0.2) is 0 Å². The number of aryl methyl sites for hydroxylation is 1. The third-order valence-corrected chi connectivity index (χ3v) is 4.81. The largest absolute Gasteiger partial charge is 0.482 e. The Morgan fingerprint density at radius 3 is 2.74 bits per heavy atom. The van der Waals surface area contributed by atoms with Crippen LogP contribution in [0.15, 0.2) is 65.3 Å². The van der Waals surface area contributed by atoms with Crippen LogP contribution in [0.25, 0.3) is 22.8 Å². The number of benzene rings is 2. The highest BCUT2D eigenvalue weighted by atomic mass is 35.5. The Bertz CT molecular complexity index is 1230. The molecule has 0 spiro atoms. The van der Waals surface area contributed by atoms with E-state index in [1.807, 2.05) is 25.1 Å². The summed E-state index contributed by atoms with van der Waals surface area (Å²) in [5.41, 5.74) is 2.72. The highest BCUT2D eigenvalue weighted by molar-refractivity contribution is 6.35. The van der Waals surface area contributed by atoms with Gasteiger partial charge in [0.15, 0.2) is 6.61 Å². The fraction of sp³-hybridized carbons (Fsp3) is 0.0909. The normalized spacial score (nSPS) is 10.7. The summed E-state index contributed by atoms with van der Waals surface area (Å²) in [4.78, 5) is 21.1. The van der Waals surface area contributed by atoms with E-state index in [-0.39, 0.29) is 18.4 Å². The van der Waals surface area contributed by atoms with Crippen molar-refractivity contribution in [1.29, 1.82) is 0 Å². The van der Waals surface area contributed by atoms with Crippen LogP contribution in [-0.2, 0) is 4.79 Å². The minimum absolute atomic E-state index is 0.236. The minimum atomic E-state index is -0.374. The van der Waals surface area contributed by atoms with Gasteiger partial charge in [0.2, 0.25) is 5.82 Å². The Morgan fingerprint density at radius 2 is 1.97 bits per heavy atom. The average Bonchev–Trinajstić information content (AvgIpc) is 3.24. The molecular weight excluding hydrogens is 439 g/mol. The number of hydrogen-bond acceptors (Lipinski definition) is 6. The fourth-order valence-electron chi connectivity index (χ4n) is 2.75. The number of ether oxygens (including phenoxy) is 1. The van der Waals surface area contributed by atoms with Crippen LogP contribution < -0.4 is 10.1 Å². The monoisotopic (exact) mass is 454 g/mol. The molecule has 4 rings (SSSR count). The van der Waals surface area contributed by atoms with Gasteiger partial charge in [0, 0.05) is 22.5 Å². The molecule has 2 aromatic heterocycles. The highest BCUT2D eigenvalue weighted by Gasteiger charge is 2.16. The first-order chi connectivity index (χ1) is 15.0. The lowest BCUT2D eigenvalue weighted by Gasteiger charge is -2.10. The maximum atomic E-state index is 12.4. The Balaban J connectivity index is 1.48. The topological polar surface area (TPSA) is 90.1 Å². The van der Waals surface area contributed by atoms with Crippen LogP contribution in [0.2, 0.25) is 10.0 Å². The maximum Gasteiger partial charge on any atom is 0.262 e. The van der Waals surface area contributed by atoms with Gasteiger partial charge in [-0.1, -0.05) is 40.5 Å². The molecule has 0 saturated carbocycles. The molecule has 0 radical (unpaired) electrons. The van der Waals surface area contributed by atoms with Crippen LogP contribution in [0.5, 0.6) is 5.75 Å². The zero-order valence-electron chi connectivity index (χ0n) is 16.3. The second kappa shape index (κ2) is 9.16. The van der Waals surface area contributed by atoms with Gasteiger partial charge in [-0.2, -0.15) is 4.98 Å². The molecule has 0 aliphatic rings. The van der Waals surface area contributed by atoms with Gasteiger partial charge in [-0.05, 0) is 49.4 Å². The number of carbonyl (C=O) groups excluding carboxylic acids is 1. The summed E-state index contributed by atoms with van der Waals surface area (Å²) in [6.45, 7) is 1.66. The van der Waals surface area contributed by atoms with E-state index in [9.17, 15) is 4.79 Å². The number of hydrogen-bond donors (Lipinski definition) is 1. The van der Waals surface area contributed by atoms with E-state index in [2.05, 4.69) is 20.4 Å². The summed E-state index contributed by atoms with van der Waals surface area (Å²) in [6.07, 6.45) is 1.68. The molecule has 9 heteroatoms. The van der Waals surface area contributed by atoms with Crippen LogP contribution in [-0.4, -0.2) is 27.6 Å². The molecule has 1 N–H and O–H groups in total. The molecule has 0 unspecified atom stereocenters. The van der Waals surface area contributed by atoms with E-state index >= 15 is 0 Å². The van der Waals surface area contributed by atoms with Crippen LogP contribution in [0.3, 0.4) is 0 Å². The van der Waals surface area contributed by atoms with Crippen molar-refractivity contribution in [2.24, 2.45) is 0 Å². The maximum absolute atomic E-state index is 12.4. The number of pyridine rings is 1. The molecule has 0 saturated heterocycles. The zero-order valence-corrected chi connectivity index (χ0v) is 17.8. The van der Waals surface area contributed by atoms with Crippen molar-refractivity contribution >= 4 is 34.8 Å². The molecule has 7 nitrogen and oxygen atoms in total. The molecule has 0 bridgehead atoms. The highest BCUT2D eigenvalue weighted by Crippen LogP contribution is 2.29. The summed E-state index contributed by atoms with van der Waals surface area (Å²) < 4.78 is 10.9. The smallest absolute Gasteiger partial charge is 0.262 e. The van der Waals surface area contributed by atoms with Crippen molar-refractivity contribution < 1.29 is 14.1 Å². The molecular formula is C22H16Cl2N4O3. The van der Waals surface area contributed by atoms with E-state index in [0.717, 1.165) is 11.3 Å². The van der Waals surface area contributed by atoms with E-state index in [0.29, 0.717) is 32.9 Å². The van der Waals surface area contributed by atoms with Crippen molar-refractivity contribution in [1.82, 2.24) is 15.1 Å². The van der Waals surface area contributed by atoms with Crippen molar-refractivity contribution in [3.63, 3.8) is 0 Å². The quantitative estimate of drug-likeness (QED) is 0.417. The number of aromatic nitrogens is 3. The lowest BCUT2D eigenvalue weighted by molar-refractivity contribution is -0.118. The van der Waals surface area contributed by atoms with Crippen molar-refractivity contribution in [2.75, 3.05) is 11.9 Å². The second-order valence-corrected chi connectivity index (χ2v) is 7.41. The van der Waals surface area contributed by atoms with Crippen molar-refractivity contribution in [3.8, 4) is 28.6 Å². The third kappa shape index (κ3) is 5.02. The fourth-order valence-corrected chi connectivity index (χ4v) is 3.21. The number of rotatable bonds is 6. The first kappa shape index (κ1) is 20.8. The number of halogens is 2. The molecule has 31 heavy (non-hydrogen) atoms. The Morgan fingerprint density at radius 1 is 1.13 bits per heavy atom. The van der Waals surface area contributed by atoms with E-state index in [1.165, 1.54) is 0 Å². The number of nitrogens with zero attached hydrogens (tertiary/aromatic N) is 3. The third-order valence-electron chi connectivity index (χ3n) is 4.28. The molecule has 2 aromatic carbocycles. The van der Waals surface area contributed by atoms with Gasteiger partial charge in [0.1, 0.15) is 5.75 Å². The van der Waals surface area contributed by atoms with Crippen LogP contribution in [0.4, 0.5) is 5.69 Å².